The molecule has 6 heteroatoms. The monoisotopic (exact) mass is 320 g/mol. The van der Waals surface area contributed by atoms with Crippen molar-refractivity contribution in [1.82, 2.24) is 9.80 Å². The Labute approximate surface area is 134 Å². The van der Waals surface area contributed by atoms with Gasteiger partial charge in [-0.2, -0.15) is 0 Å². The molecule has 0 saturated carbocycles. The Morgan fingerprint density at radius 3 is 2.87 bits per heavy atom. The third kappa shape index (κ3) is 3.37. The van der Waals surface area contributed by atoms with E-state index in [1.165, 1.54) is 12.1 Å². The van der Waals surface area contributed by atoms with Crippen LogP contribution in [0.5, 0.6) is 0 Å². The lowest BCUT2D eigenvalue weighted by Crippen LogP contribution is -2.49. The molecule has 1 N–H and O–H groups in total. The lowest BCUT2D eigenvalue weighted by atomic mass is 9.78. The van der Waals surface area contributed by atoms with Gasteiger partial charge in [-0.25, -0.2) is 4.39 Å². The largest absolute Gasteiger partial charge is 0.480 e. The van der Waals surface area contributed by atoms with Gasteiger partial charge >= 0.3 is 5.97 Å². The number of aliphatic carboxylic acids is 1. The fourth-order valence-corrected chi connectivity index (χ4v) is 3.83. The van der Waals surface area contributed by atoms with E-state index in [0.29, 0.717) is 19.6 Å². The summed E-state index contributed by atoms with van der Waals surface area (Å²) in [6.45, 7) is 2.29. The van der Waals surface area contributed by atoms with Crippen molar-refractivity contribution in [1.29, 1.82) is 0 Å². The second-order valence-electron chi connectivity index (χ2n) is 6.59. The maximum absolute atomic E-state index is 13.3. The molecule has 0 aliphatic carbocycles. The smallest absolute Gasteiger partial charge is 0.317 e. The van der Waals surface area contributed by atoms with Crippen LogP contribution in [0.4, 0.5) is 4.39 Å². The molecule has 3 rings (SSSR count). The van der Waals surface area contributed by atoms with Crippen LogP contribution >= 0.6 is 0 Å². The Balaban J connectivity index is 1.69. The van der Waals surface area contributed by atoms with Crippen molar-refractivity contribution in [3.8, 4) is 0 Å². The molecule has 1 aromatic rings. The Kier molecular flexibility index (Phi) is 4.35. The average Bonchev–Trinajstić information content (AvgIpc) is 2.76. The number of carbonyl (C=O) groups excluding carboxylic acids is 1. The SMILES string of the molecule is O=C(O)CN1CCC[C@@]2(CCN(Cc3cccc(F)c3)C2=O)C1. The van der Waals surface area contributed by atoms with Crippen LogP contribution in [0.3, 0.4) is 0 Å². The lowest BCUT2D eigenvalue weighted by Gasteiger charge is -2.38. The number of hydrogen-bond donors (Lipinski definition) is 1. The fourth-order valence-electron chi connectivity index (χ4n) is 3.83. The van der Waals surface area contributed by atoms with E-state index in [1.54, 1.807) is 11.0 Å². The van der Waals surface area contributed by atoms with Crippen LogP contribution in [0, 0.1) is 11.2 Å². The quantitative estimate of drug-likeness (QED) is 0.918. The van der Waals surface area contributed by atoms with Gasteiger partial charge in [0.1, 0.15) is 5.82 Å². The molecule has 1 spiro atoms. The molecule has 23 heavy (non-hydrogen) atoms. The number of carbonyl (C=O) groups is 2. The summed E-state index contributed by atoms with van der Waals surface area (Å²) >= 11 is 0. The summed E-state index contributed by atoms with van der Waals surface area (Å²) in [5.74, 6) is -1.07. The Morgan fingerprint density at radius 2 is 2.13 bits per heavy atom. The van der Waals surface area contributed by atoms with Crippen molar-refractivity contribution >= 4 is 11.9 Å². The van der Waals surface area contributed by atoms with Gasteiger partial charge in [0.25, 0.3) is 0 Å². The van der Waals surface area contributed by atoms with Crippen LogP contribution in [0.2, 0.25) is 0 Å². The highest BCUT2D eigenvalue weighted by atomic mass is 19.1. The van der Waals surface area contributed by atoms with E-state index in [-0.39, 0.29) is 18.3 Å². The number of hydrogen-bond acceptors (Lipinski definition) is 3. The summed E-state index contributed by atoms with van der Waals surface area (Å²) in [4.78, 5) is 27.4. The topological polar surface area (TPSA) is 60.9 Å². The molecule has 2 fully saturated rings. The lowest BCUT2D eigenvalue weighted by molar-refractivity contribution is -0.144. The molecule has 2 aliphatic rings. The van der Waals surface area contributed by atoms with Crippen LogP contribution in [0.1, 0.15) is 24.8 Å². The number of halogens is 1. The minimum atomic E-state index is -0.857. The second-order valence-corrected chi connectivity index (χ2v) is 6.59. The molecule has 2 saturated heterocycles. The van der Waals surface area contributed by atoms with Gasteiger partial charge in [-0.1, -0.05) is 12.1 Å². The molecule has 0 bridgehead atoms. The van der Waals surface area contributed by atoms with Crippen LogP contribution in [0.25, 0.3) is 0 Å². The Morgan fingerprint density at radius 1 is 1.30 bits per heavy atom. The predicted molar refractivity (Wildman–Crippen MR) is 82.2 cm³/mol. The summed E-state index contributed by atoms with van der Waals surface area (Å²) in [6.07, 6.45) is 2.39. The molecule has 0 aromatic heterocycles. The van der Waals surface area contributed by atoms with Gasteiger partial charge in [0, 0.05) is 19.6 Å². The first-order valence-electron chi connectivity index (χ1n) is 7.96. The first-order valence-corrected chi connectivity index (χ1v) is 7.96. The molecule has 1 atom stereocenters. The zero-order chi connectivity index (χ0) is 16.4. The Hall–Kier alpha value is -1.95. The number of likely N-dealkylation sites (tertiary alicyclic amines) is 2. The van der Waals surface area contributed by atoms with Crippen molar-refractivity contribution in [2.24, 2.45) is 5.41 Å². The summed E-state index contributed by atoms with van der Waals surface area (Å²) < 4.78 is 13.3. The van der Waals surface area contributed by atoms with E-state index < -0.39 is 11.4 Å². The molecule has 5 nitrogen and oxygen atoms in total. The van der Waals surface area contributed by atoms with Gasteiger partial charge < -0.3 is 10.0 Å². The third-order valence-electron chi connectivity index (χ3n) is 4.88. The Bertz CT molecular complexity index is 622. The summed E-state index contributed by atoms with van der Waals surface area (Å²) in [5, 5.41) is 8.96. The second kappa shape index (κ2) is 6.28. The average molecular weight is 320 g/mol. The van der Waals surface area contributed by atoms with Crippen molar-refractivity contribution in [2.45, 2.75) is 25.8 Å². The first kappa shape index (κ1) is 15.9. The predicted octanol–water partition coefficient (Wildman–Crippen LogP) is 1.72. The zero-order valence-electron chi connectivity index (χ0n) is 13.0. The van der Waals surface area contributed by atoms with E-state index in [2.05, 4.69) is 0 Å². The zero-order valence-corrected chi connectivity index (χ0v) is 13.0. The number of carboxylic acid groups (broad SMARTS) is 1. The highest BCUT2D eigenvalue weighted by Crippen LogP contribution is 2.40. The van der Waals surface area contributed by atoms with E-state index >= 15 is 0 Å². The highest BCUT2D eigenvalue weighted by molar-refractivity contribution is 5.85. The molecular formula is C17H21FN2O3. The molecule has 124 valence electrons. The third-order valence-corrected chi connectivity index (χ3v) is 4.88. The number of nitrogens with zero attached hydrogens (tertiary/aromatic N) is 2. The standard InChI is InChI=1S/C17H21FN2O3/c18-14-4-1-3-13(9-14)10-20-8-6-17(16(20)23)5-2-7-19(12-17)11-15(21)22/h1,3-4,9H,2,5-8,10-12H2,(H,21,22)/t17-/m1/s1. The van der Waals surface area contributed by atoms with E-state index in [4.69, 9.17) is 5.11 Å². The maximum atomic E-state index is 13.3. The van der Waals surface area contributed by atoms with Crippen LogP contribution in [-0.4, -0.2) is 53.0 Å². The molecule has 2 aliphatic heterocycles. The van der Waals surface area contributed by atoms with Crippen molar-refractivity contribution in [3.63, 3.8) is 0 Å². The highest BCUT2D eigenvalue weighted by Gasteiger charge is 2.48. The van der Waals surface area contributed by atoms with E-state index in [0.717, 1.165) is 31.4 Å². The molecule has 1 aromatic carbocycles. The van der Waals surface area contributed by atoms with Crippen molar-refractivity contribution in [2.75, 3.05) is 26.2 Å². The first-order chi connectivity index (χ1) is 11.0. The van der Waals surface area contributed by atoms with Gasteiger partial charge in [-0.05, 0) is 43.5 Å². The van der Waals surface area contributed by atoms with Crippen LogP contribution in [0.15, 0.2) is 24.3 Å². The summed E-state index contributed by atoms with van der Waals surface area (Å²) in [5.41, 5.74) is 0.328. The van der Waals surface area contributed by atoms with Gasteiger partial charge in [0.2, 0.25) is 5.91 Å². The maximum Gasteiger partial charge on any atom is 0.317 e. The van der Waals surface area contributed by atoms with Gasteiger partial charge in [0.15, 0.2) is 0 Å². The van der Waals surface area contributed by atoms with Gasteiger partial charge in [-0.3, -0.25) is 14.5 Å². The van der Waals surface area contributed by atoms with Crippen LogP contribution < -0.4 is 0 Å². The number of amides is 1. The fraction of sp³-hybridized carbons (Fsp3) is 0.529. The molecule has 0 unspecified atom stereocenters. The minimum absolute atomic E-state index is 0.0150. The number of piperidine rings is 1. The van der Waals surface area contributed by atoms with Gasteiger partial charge in [0.05, 0.1) is 12.0 Å². The number of benzene rings is 1. The summed E-state index contributed by atoms with van der Waals surface area (Å²) in [7, 11) is 0. The van der Waals surface area contributed by atoms with Crippen LogP contribution in [-0.2, 0) is 16.1 Å². The molecule has 2 heterocycles. The van der Waals surface area contributed by atoms with Gasteiger partial charge in [-0.15, -0.1) is 0 Å². The molecule has 1 amide bonds. The molecular weight excluding hydrogens is 299 g/mol. The van der Waals surface area contributed by atoms with Crippen molar-refractivity contribution < 1.29 is 19.1 Å². The molecule has 0 radical (unpaired) electrons. The number of rotatable bonds is 4. The summed E-state index contributed by atoms with van der Waals surface area (Å²) in [6, 6.07) is 6.31. The van der Waals surface area contributed by atoms with Crippen molar-refractivity contribution in [3.05, 3.63) is 35.6 Å². The van der Waals surface area contributed by atoms with E-state index in [1.807, 2.05) is 11.0 Å². The normalized spacial score (nSPS) is 25.3. The number of carboxylic acids is 1. The minimum Gasteiger partial charge on any atom is -0.480 e. The van der Waals surface area contributed by atoms with E-state index in [9.17, 15) is 14.0 Å².